The molecule has 0 atom stereocenters. The minimum atomic E-state index is -0.301. The summed E-state index contributed by atoms with van der Waals surface area (Å²) in [5.41, 5.74) is 1.67. The third-order valence-corrected chi connectivity index (χ3v) is 5.78. The first-order chi connectivity index (χ1) is 11.6. The van der Waals surface area contributed by atoms with E-state index in [1.54, 1.807) is 0 Å². The molecule has 2 heterocycles. The number of ether oxygens (including phenoxy) is 1. The lowest BCUT2D eigenvalue weighted by molar-refractivity contribution is 0.0505. The van der Waals surface area contributed by atoms with Crippen molar-refractivity contribution >= 4 is 28.3 Å². The van der Waals surface area contributed by atoms with Gasteiger partial charge in [-0.3, -0.25) is 5.32 Å². The summed E-state index contributed by atoms with van der Waals surface area (Å²) in [5, 5.41) is 3.63. The lowest BCUT2D eigenvalue weighted by atomic mass is 10.1. The van der Waals surface area contributed by atoms with Crippen LogP contribution in [0.2, 0.25) is 0 Å². The summed E-state index contributed by atoms with van der Waals surface area (Å²) < 4.78 is 5.34. The number of rotatable bonds is 4. The van der Waals surface area contributed by atoms with Gasteiger partial charge in [-0.15, -0.1) is 11.3 Å². The Bertz CT molecular complexity index is 621. The molecule has 24 heavy (non-hydrogen) atoms. The molecule has 0 aromatic carbocycles. The van der Waals surface area contributed by atoms with Crippen molar-refractivity contribution in [3.05, 3.63) is 16.0 Å². The van der Waals surface area contributed by atoms with Gasteiger partial charge in [-0.1, -0.05) is 6.92 Å². The van der Waals surface area contributed by atoms with Crippen LogP contribution in [0.1, 0.15) is 40.6 Å². The highest BCUT2D eigenvalue weighted by Crippen LogP contribution is 2.39. The van der Waals surface area contributed by atoms with E-state index >= 15 is 0 Å². The SMILES string of the molecule is CCCOC(=O)c1c(NC(=O)N2CCN(C)CC2)sc2c1CCC2. The number of carbonyl (C=O) groups is 2. The number of likely N-dealkylation sites (N-methyl/N-ethyl adjacent to an activating group) is 1. The second-order valence-corrected chi connectivity index (χ2v) is 7.52. The van der Waals surface area contributed by atoms with Gasteiger partial charge >= 0.3 is 12.0 Å². The van der Waals surface area contributed by atoms with Crippen LogP contribution in [0.3, 0.4) is 0 Å². The molecule has 2 aliphatic rings. The van der Waals surface area contributed by atoms with Gasteiger partial charge in [-0.25, -0.2) is 9.59 Å². The molecule has 0 unspecified atom stereocenters. The number of urea groups is 1. The van der Waals surface area contributed by atoms with Crippen molar-refractivity contribution in [3.63, 3.8) is 0 Å². The summed E-state index contributed by atoms with van der Waals surface area (Å²) in [5.74, 6) is -0.301. The largest absolute Gasteiger partial charge is 0.462 e. The van der Waals surface area contributed by atoms with Crippen molar-refractivity contribution in [2.45, 2.75) is 32.6 Å². The minimum absolute atomic E-state index is 0.118. The standard InChI is InChI=1S/C17H25N3O3S/c1-3-11-23-16(21)14-12-5-4-6-13(12)24-15(14)18-17(22)20-9-7-19(2)8-10-20/h3-11H2,1-2H3,(H,18,22). The van der Waals surface area contributed by atoms with Crippen LogP contribution in [-0.4, -0.2) is 61.6 Å². The van der Waals surface area contributed by atoms with E-state index in [1.165, 1.54) is 16.2 Å². The predicted molar refractivity (Wildman–Crippen MR) is 95.0 cm³/mol. The molecule has 1 saturated heterocycles. The van der Waals surface area contributed by atoms with E-state index in [0.717, 1.165) is 44.3 Å². The number of aryl methyl sites for hydroxylation is 1. The Morgan fingerprint density at radius 2 is 1.96 bits per heavy atom. The zero-order valence-corrected chi connectivity index (χ0v) is 15.2. The highest BCUT2D eigenvalue weighted by molar-refractivity contribution is 7.17. The van der Waals surface area contributed by atoms with Crippen LogP contribution < -0.4 is 5.32 Å². The molecule has 0 bridgehead atoms. The van der Waals surface area contributed by atoms with Crippen LogP contribution in [0.5, 0.6) is 0 Å². The molecule has 0 saturated carbocycles. The predicted octanol–water partition coefficient (Wildman–Crippen LogP) is 2.58. The van der Waals surface area contributed by atoms with E-state index in [9.17, 15) is 9.59 Å². The fourth-order valence-electron chi connectivity index (χ4n) is 3.16. The van der Waals surface area contributed by atoms with Crippen molar-refractivity contribution in [2.75, 3.05) is 45.2 Å². The maximum absolute atomic E-state index is 12.5. The van der Waals surface area contributed by atoms with Crippen LogP contribution in [-0.2, 0) is 17.6 Å². The Labute approximate surface area is 146 Å². The number of piperazine rings is 1. The Kier molecular flexibility index (Phi) is 5.40. The number of anilines is 1. The van der Waals surface area contributed by atoms with E-state index in [-0.39, 0.29) is 12.0 Å². The van der Waals surface area contributed by atoms with E-state index in [1.807, 2.05) is 11.8 Å². The van der Waals surface area contributed by atoms with E-state index < -0.39 is 0 Å². The van der Waals surface area contributed by atoms with Crippen molar-refractivity contribution in [2.24, 2.45) is 0 Å². The monoisotopic (exact) mass is 351 g/mol. The van der Waals surface area contributed by atoms with Crippen LogP contribution in [0.4, 0.5) is 9.80 Å². The Morgan fingerprint density at radius 3 is 2.67 bits per heavy atom. The smallest absolute Gasteiger partial charge is 0.341 e. The van der Waals surface area contributed by atoms with Crippen LogP contribution in [0, 0.1) is 0 Å². The van der Waals surface area contributed by atoms with Gasteiger partial charge in [0, 0.05) is 31.1 Å². The highest BCUT2D eigenvalue weighted by atomic mass is 32.1. The summed E-state index contributed by atoms with van der Waals surface area (Å²) in [6.07, 6.45) is 3.74. The van der Waals surface area contributed by atoms with Crippen molar-refractivity contribution in [1.82, 2.24) is 9.80 Å². The van der Waals surface area contributed by atoms with Crippen molar-refractivity contribution in [1.29, 1.82) is 0 Å². The highest BCUT2D eigenvalue weighted by Gasteiger charge is 2.29. The van der Waals surface area contributed by atoms with Gasteiger partial charge in [-0.05, 0) is 38.3 Å². The normalized spacial score (nSPS) is 17.7. The molecule has 3 rings (SSSR count). The minimum Gasteiger partial charge on any atom is -0.462 e. The molecular weight excluding hydrogens is 326 g/mol. The molecule has 1 fully saturated rings. The first kappa shape index (κ1) is 17.2. The van der Waals surface area contributed by atoms with Crippen LogP contribution >= 0.6 is 11.3 Å². The summed E-state index contributed by atoms with van der Waals surface area (Å²) in [4.78, 5) is 30.2. The average molecular weight is 351 g/mol. The van der Waals surface area contributed by atoms with Crippen molar-refractivity contribution < 1.29 is 14.3 Å². The fourth-order valence-corrected chi connectivity index (χ4v) is 4.43. The zero-order chi connectivity index (χ0) is 17.1. The molecule has 132 valence electrons. The van der Waals surface area contributed by atoms with Gasteiger partial charge in [0.05, 0.1) is 12.2 Å². The first-order valence-corrected chi connectivity index (χ1v) is 9.48. The maximum Gasteiger partial charge on any atom is 0.341 e. The average Bonchev–Trinajstić information content (AvgIpc) is 3.13. The second kappa shape index (κ2) is 7.53. The van der Waals surface area contributed by atoms with Gasteiger partial charge in [-0.2, -0.15) is 0 Å². The van der Waals surface area contributed by atoms with Gasteiger partial charge in [0.25, 0.3) is 0 Å². The lowest BCUT2D eigenvalue weighted by Crippen LogP contribution is -2.48. The first-order valence-electron chi connectivity index (χ1n) is 8.66. The topological polar surface area (TPSA) is 61.9 Å². The quantitative estimate of drug-likeness (QED) is 0.847. The molecular formula is C17H25N3O3S. The second-order valence-electron chi connectivity index (χ2n) is 6.42. The van der Waals surface area contributed by atoms with Gasteiger partial charge in [0.2, 0.25) is 0 Å². The molecule has 2 amide bonds. The zero-order valence-electron chi connectivity index (χ0n) is 14.4. The van der Waals surface area contributed by atoms with Gasteiger partial charge in [0.1, 0.15) is 5.00 Å². The molecule has 1 N–H and O–H groups in total. The van der Waals surface area contributed by atoms with E-state index in [0.29, 0.717) is 30.3 Å². The number of hydrogen-bond acceptors (Lipinski definition) is 5. The molecule has 1 aliphatic heterocycles. The van der Waals surface area contributed by atoms with Crippen LogP contribution in [0.25, 0.3) is 0 Å². The molecule has 1 aliphatic carbocycles. The third-order valence-electron chi connectivity index (χ3n) is 4.57. The van der Waals surface area contributed by atoms with Gasteiger partial charge in [0.15, 0.2) is 0 Å². The molecule has 6 nitrogen and oxygen atoms in total. The molecule has 1 aromatic heterocycles. The third kappa shape index (κ3) is 3.57. The van der Waals surface area contributed by atoms with Crippen LogP contribution in [0.15, 0.2) is 0 Å². The molecule has 1 aromatic rings. The summed E-state index contributed by atoms with van der Waals surface area (Å²) in [6.45, 7) is 5.56. The number of nitrogens with one attached hydrogen (secondary N) is 1. The fraction of sp³-hybridized carbons (Fsp3) is 0.647. The number of fused-ring (bicyclic) bond motifs is 1. The van der Waals surface area contributed by atoms with E-state index in [2.05, 4.69) is 17.3 Å². The molecule has 7 heteroatoms. The number of esters is 1. The van der Waals surface area contributed by atoms with Gasteiger partial charge < -0.3 is 14.5 Å². The summed E-state index contributed by atoms with van der Waals surface area (Å²) in [6, 6.07) is -0.118. The number of thiophene rings is 1. The number of hydrogen-bond donors (Lipinski definition) is 1. The number of nitrogens with zero attached hydrogens (tertiary/aromatic N) is 2. The lowest BCUT2D eigenvalue weighted by Gasteiger charge is -2.32. The Morgan fingerprint density at radius 1 is 1.21 bits per heavy atom. The maximum atomic E-state index is 12.5. The summed E-state index contributed by atoms with van der Waals surface area (Å²) in [7, 11) is 2.06. The van der Waals surface area contributed by atoms with Crippen molar-refractivity contribution in [3.8, 4) is 0 Å². The Balaban J connectivity index is 1.75. The number of amides is 2. The molecule has 0 spiro atoms. The molecule has 0 radical (unpaired) electrons. The van der Waals surface area contributed by atoms with E-state index in [4.69, 9.17) is 4.74 Å². The summed E-state index contributed by atoms with van der Waals surface area (Å²) >= 11 is 1.53. The number of carbonyl (C=O) groups excluding carboxylic acids is 2. The Hall–Kier alpha value is -1.60.